The highest BCUT2D eigenvalue weighted by Gasteiger charge is 2.12. The van der Waals surface area contributed by atoms with Crippen molar-refractivity contribution in [2.24, 2.45) is 7.05 Å². The van der Waals surface area contributed by atoms with Crippen LogP contribution in [0.15, 0.2) is 30.5 Å². The molecule has 2 rings (SSSR count). The molecule has 5 nitrogen and oxygen atoms in total. The molecule has 1 heterocycles. The molecule has 0 amide bonds. The maximum absolute atomic E-state index is 10.2. The van der Waals surface area contributed by atoms with E-state index < -0.39 is 6.10 Å². The lowest BCUT2D eigenvalue weighted by molar-refractivity contribution is 0.174. The van der Waals surface area contributed by atoms with Crippen LogP contribution in [0.2, 0.25) is 0 Å². The average molecular weight is 303 g/mol. The molecule has 0 fully saturated rings. The number of ether oxygens (including phenoxy) is 1. The first-order valence-electron chi connectivity index (χ1n) is 7.56. The Labute approximate surface area is 131 Å². The van der Waals surface area contributed by atoms with Crippen LogP contribution in [0, 0.1) is 0 Å². The molecule has 0 aliphatic carbocycles. The molecule has 1 unspecified atom stereocenters. The van der Waals surface area contributed by atoms with E-state index in [1.807, 2.05) is 42.2 Å². The van der Waals surface area contributed by atoms with Crippen LogP contribution in [0.3, 0.4) is 0 Å². The van der Waals surface area contributed by atoms with E-state index in [9.17, 15) is 5.11 Å². The first kappa shape index (κ1) is 16.5. The zero-order chi connectivity index (χ0) is 16.1. The first-order valence-corrected chi connectivity index (χ1v) is 7.56. The van der Waals surface area contributed by atoms with Gasteiger partial charge in [-0.25, -0.2) is 0 Å². The smallest absolute Gasteiger partial charge is 0.118 e. The molecule has 0 aliphatic rings. The highest BCUT2D eigenvalue weighted by atomic mass is 16.5. The molecule has 0 saturated heterocycles. The third-order valence-electron chi connectivity index (χ3n) is 3.64. The Kier molecular flexibility index (Phi) is 5.57. The van der Waals surface area contributed by atoms with E-state index in [0.717, 1.165) is 17.0 Å². The summed E-state index contributed by atoms with van der Waals surface area (Å²) < 4.78 is 6.96. The standard InChI is InChI=1S/C17H25N3O2/c1-12(2)17-14(11-20(3)19-17)9-18-10-16(21)13-5-7-15(22-4)8-6-13/h5-8,11-12,16,18,21H,9-10H2,1-4H3. The van der Waals surface area contributed by atoms with Crippen molar-refractivity contribution < 1.29 is 9.84 Å². The molecule has 0 aliphatic heterocycles. The third-order valence-corrected chi connectivity index (χ3v) is 3.64. The van der Waals surface area contributed by atoms with Gasteiger partial charge in [-0.2, -0.15) is 5.10 Å². The van der Waals surface area contributed by atoms with Gasteiger partial charge in [-0.05, 0) is 23.6 Å². The Hall–Kier alpha value is -1.85. The number of hydrogen-bond donors (Lipinski definition) is 2. The second-order valence-corrected chi connectivity index (χ2v) is 5.79. The van der Waals surface area contributed by atoms with E-state index in [1.54, 1.807) is 7.11 Å². The molecule has 1 atom stereocenters. The molecule has 5 heteroatoms. The number of aromatic nitrogens is 2. The number of aryl methyl sites for hydroxylation is 1. The largest absolute Gasteiger partial charge is 0.497 e. The Morgan fingerprint density at radius 1 is 1.27 bits per heavy atom. The number of aliphatic hydroxyl groups excluding tert-OH is 1. The van der Waals surface area contributed by atoms with E-state index >= 15 is 0 Å². The first-order chi connectivity index (χ1) is 10.5. The number of rotatable bonds is 7. The number of methoxy groups -OCH3 is 1. The minimum absolute atomic E-state index is 0.393. The van der Waals surface area contributed by atoms with Gasteiger partial charge in [-0.3, -0.25) is 4.68 Å². The average Bonchev–Trinajstić information content (AvgIpc) is 2.88. The number of hydrogen-bond acceptors (Lipinski definition) is 4. The number of nitrogens with one attached hydrogen (secondary N) is 1. The fourth-order valence-corrected chi connectivity index (χ4v) is 2.46. The van der Waals surface area contributed by atoms with Crippen molar-refractivity contribution in [3.8, 4) is 5.75 Å². The Balaban J connectivity index is 1.90. The third kappa shape index (κ3) is 4.08. The minimum Gasteiger partial charge on any atom is -0.497 e. The van der Waals surface area contributed by atoms with Crippen LogP contribution in [0.4, 0.5) is 0 Å². The lowest BCUT2D eigenvalue weighted by Gasteiger charge is -2.13. The fraction of sp³-hybridized carbons (Fsp3) is 0.471. The van der Waals surface area contributed by atoms with Gasteiger partial charge in [0.25, 0.3) is 0 Å². The molecule has 0 bridgehead atoms. The van der Waals surface area contributed by atoms with Crippen LogP contribution in [-0.4, -0.2) is 28.5 Å². The molecule has 22 heavy (non-hydrogen) atoms. The summed E-state index contributed by atoms with van der Waals surface area (Å²) in [5, 5.41) is 18.0. The van der Waals surface area contributed by atoms with Gasteiger partial charge in [0.1, 0.15) is 5.75 Å². The SMILES string of the molecule is COc1ccc(C(O)CNCc2cn(C)nc2C(C)C)cc1. The predicted molar refractivity (Wildman–Crippen MR) is 87.0 cm³/mol. The van der Waals surface area contributed by atoms with Crippen molar-refractivity contribution in [2.75, 3.05) is 13.7 Å². The zero-order valence-corrected chi connectivity index (χ0v) is 13.7. The van der Waals surface area contributed by atoms with Crippen LogP contribution in [0.25, 0.3) is 0 Å². The molecule has 2 aromatic rings. The minimum atomic E-state index is -0.537. The second-order valence-electron chi connectivity index (χ2n) is 5.79. The van der Waals surface area contributed by atoms with E-state index in [0.29, 0.717) is 19.0 Å². The quantitative estimate of drug-likeness (QED) is 0.824. The summed E-state index contributed by atoms with van der Waals surface area (Å²) in [5.41, 5.74) is 3.16. The van der Waals surface area contributed by atoms with E-state index in [4.69, 9.17) is 4.74 Å². The molecular weight excluding hydrogens is 278 g/mol. The predicted octanol–water partition coefficient (Wildman–Crippen LogP) is 2.38. The van der Waals surface area contributed by atoms with Gasteiger partial charge in [0.2, 0.25) is 0 Å². The monoisotopic (exact) mass is 303 g/mol. The van der Waals surface area contributed by atoms with Crippen LogP contribution >= 0.6 is 0 Å². The highest BCUT2D eigenvalue weighted by molar-refractivity contribution is 5.28. The lowest BCUT2D eigenvalue weighted by atomic mass is 10.1. The molecule has 0 saturated carbocycles. The second kappa shape index (κ2) is 7.42. The summed E-state index contributed by atoms with van der Waals surface area (Å²) in [4.78, 5) is 0. The van der Waals surface area contributed by atoms with E-state index in [2.05, 4.69) is 24.3 Å². The Morgan fingerprint density at radius 3 is 2.55 bits per heavy atom. The summed E-state index contributed by atoms with van der Waals surface area (Å²) in [5.74, 6) is 1.19. The number of nitrogens with zero attached hydrogens (tertiary/aromatic N) is 2. The maximum atomic E-state index is 10.2. The summed E-state index contributed by atoms with van der Waals surface area (Å²) in [6, 6.07) is 7.48. The number of benzene rings is 1. The molecule has 0 radical (unpaired) electrons. The van der Waals surface area contributed by atoms with Gasteiger partial charge in [0.15, 0.2) is 0 Å². The zero-order valence-electron chi connectivity index (χ0n) is 13.7. The van der Waals surface area contributed by atoms with E-state index in [-0.39, 0.29) is 0 Å². The van der Waals surface area contributed by atoms with Gasteiger partial charge in [0, 0.05) is 31.9 Å². The topological polar surface area (TPSA) is 59.3 Å². The lowest BCUT2D eigenvalue weighted by Crippen LogP contribution is -2.21. The Bertz CT molecular complexity index is 590. The molecule has 2 N–H and O–H groups in total. The molecule has 120 valence electrons. The van der Waals surface area contributed by atoms with Gasteiger partial charge >= 0.3 is 0 Å². The molecule has 1 aromatic heterocycles. The van der Waals surface area contributed by atoms with Gasteiger partial charge in [0.05, 0.1) is 18.9 Å². The van der Waals surface area contributed by atoms with Crippen LogP contribution in [0.1, 0.15) is 42.7 Å². The number of aliphatic hydroxyl groups is 1. The summed E-state index contributed by atoms with van der Waals surface area (Å²) in [7, 11) is 3.56. The van der Waals surface area contributed by atoms with Crippen molar-refractivity contribution in [1.82, 2.24) is 15.1 Å². The van der Waals surface area contributed by atoms with Gasteiger partial charge in [-0.1, -0.05) is 26.0 Å². The molecule has 1 aromatic carbocycles. The van der Waals surface area contributed by atoms with E-state index in [1.165, 1.54) is 5.56 Å². The van der Waals surface area contributed by atoms with Crippen molar-refractivity contribution in [2.45, 2.75) is 32.4 Å². The summed E-state index contributed by atoms with van der Waals surface area (Å²) in [6.07, 6.45) is 1.49. The van der Waals surface area contributed by atoms with Gasteiger partial charge < -0.3 is 15.2 Å². The Morgan fingerprint density at radius 2 is 1.95 bits per heavy atom. The van der Waals surface area contributed by atoms with Crippen molar-refractivity contribution in [3.63, 3.8) is 0 Å². The van der Waals surface area contributed by atoms with Crippen molar-refractivity contribution in [3.05, 3.63) is 47.3 Å². The van der Waals surface area contributed by atoms with Crippen LogP contribution < -0.4 is 10.1 Å². The normalized spacial score (nSPS) is 12.6. The van der Waals surface area contributed by atoms with Gasteiger partial charge in [-0.15, -0.1) is 0 Å². The summed E-state index contributed by atoms with van der Waals surface area (Å²) >= 11 is 0. The van der Waals surface area contributed by atoms with Crippen LogP contribution in [0.5, 0.6) is 5.75 Å². The van der Waals surface area contributed by atoms with Crippen molar-refractivity contribution >= 4 is 0 Å². The van der Waals surface area contributed by atoms with Crippen LogP contribution in [-0.2, 0) is 13.6 Å². The van der Waals surface area contributed by atoms with Crippen molar-refractivity contribution in [1.29, 1.82) is 0 Å². The fourth-order valence-electron chi connectivity index (χ4n) is 2.46. The molecule has 0 spiro atoms. The molecular formula is C17H25N3O2. The highest BCUT2D eigenvalue weighted by Crippen LogP contribution is 2.19. The maximum Gasteiger partial charge on any atom is 0.118 e. The summed E-state index contributed by atoms with van der Waals surface area (Å²) in [6.45, 7) is 5.48.